The summed E-state index contributed by atoms with van der Waals surface area (Å²) in [5, 5.41) is 9.86. The van der Waals surface area contributed by atoms with Crippen LogP contribution in [0.5, 0.6) is 0 Å². The van der Waals surface area contributed by atoms with Crippen LogP contribution < -0.4 is 0 Å². The monoisotopic (exact) mass is 397 g/mol. The average molecular weight is 398 g/mol. The average Bonchev–Trinajstić information content (AvgIpc) is 2.45. The van der Waals surface area contributed by atoms with Crippen molar-refractivity contribution in [3.8, 4) is 0 Å². The molecule has 1 amide bonds. The predicted molar refractivity (Wildman–Crippen MR) is 95.0 cm³/mol. The summed E-state index contributed by atoms with van der Waals surface area (Å²) in [7, 11) is 0. The number of ether oxygens (including phenoxy) is 1. The molecule has 1 saturated heterocycles. The molecule has 0 aromatic heterocycles. The van der Waals surface area contributed by atoms with Crippen molar-refractivity contribution >= 4 is 28.0 Å². The second-order valence-electron chi connectivity index (χ2n) is 7.40. The number of carbonyl (C=O) groups excluding carboxylic acids is 1. The van der Waals surface area contributed by atoms with Crippen molar-refractivity contribution in [3.05, 3.63) is 34.3 Å². The van der Waals surface area contributed by atoms with Crippen LogP contribution in [0, 0.1) is 5.41 Å². The second-order valence-corrected chi connectivity index (χ2v) is 8.31. The summed E-state index contributed by atoms with van der Waals surface area (Å²) in [4.78, 5) is 25.9. The Labute approximate surface area is 151 Å². The van der Waals surface area contributed by atoms with E-state index in [4.69, 9.17) is 4.74 Å². The lowest BCUT2D eigenvalue weighted by Crippen LogP contribution is -2.52. The third-order valence-electron chi connectivity index (χ3n) is 4.11. The van der Waals surface area contributed by atoms with Crippen LogP contribution in [-0.4, -0.2) is 40.8 Å². The lowest BCUT2D eigenvalue weighted by molar-refractivity contribution is -0.152. The fraction of sp³-hybridized carbons (Fsp3) is 0.556. The molecule has 0 saturated carbocycles. The third kappa shape index (κ3) is 4.72. The maximum Gasteiger partial charge on any atom is 0.410 e. The van der Waals surface area contributed by atoms with Gasteiger partial charge in [-0.15, -0.1) is 0 Å². The van der Waals surface area contributed by atoms with Crippen molar-refractivity contribution in [2.75, 3.05) is 13.1 Å². The Kier molecular flexibility index (Phi) is 5.58. The van der Waals surface area contributed by atoms with Crippen molar-refractivity contribution in [1.82, 2.24) is 4.90 Å². The molecule has 0 bridgehead atoms. The fourth-order valence-corrected chi connectivity index (χ4v) is 3.49. The van der Waals surface area contributed by atoms with E-state index >= 15 is 0 Å². The van der Waals surface area contributed by atoms with Gasteiger partial charge in [-0.2, -0.15) is 0 Å². The zero-order chi connectivity index (χ0) is 18.0. The van der Waals surface area contributed by atoms with Gasteiger partial charge in [0, 0.05) is 17.6 Å². The molecule has 24 heavy (non-hydrogen) atoms. The van der Waals surface area contributed by atoms with E-state index in [1.54, 1.807) is 20.8 Å². The number of nitrogens with zero attached hydrogens (tertiary/aromatic N) is 1. The number of hydrogen-bond acceptors (Lipinski definition) is 3. The molecule has 132 valence electrons. The summed E-state index contributed by atoms with van der Waals surface area (Å²) in [6.07, 6.45) is 1.15. The van der Waals surface area contributed by atoms with Crippen LogP contribution in [-0.2, 0) is 16.0 Å². The molecule has 1 unspecified atom stereocenters. The number of benzene rings is 1. The van der Waals surface area contributed by atoms with Crippen LogP contribution >= 0.6 is 15.9 Å². The maximum absolute atomic E-state index is 12.3. The molecule has 1 fully saturated rings. The molecule has 1 heterocycles. The number of halogens is 1. The smallest absolute Gasteiger partial charge is 0.410 e. The van der Waals surface area contributed by atoms with Gasteiger partial charge in [0.2, 0.25) is 0 Å². The number of carboxylic acid groups (broad SMARTS) is 1. The Hall–Kier alpha value is -1.56. The Morgan fingerprint density at radius 1 is 1.38 bits per heavy atom. The molecule has 2 rings (SSSR count). The van der Waals surface area contributed by atoms with Crippen LogP contribution in [0.4, 0.5) is 4.79 Å². The van der Waals surface area contributed by atoms with Gasteiger partial charge in [-0.1, -0.05) is 28.1 Å². The van der Waals surface area contributed by atoms with Crippen LogP contribution in [0.2, 0.25) is 0 Å². The van der Waals surface area contributed by atoms with Crippen LogP contribution in [0.25, 0.3) is 0 Å². The van der Waals surface area contributed by atoms with Gasteiger partial charge in [-0.25, -0.2) is 4.79 Å². The number of piperidine rings is 1. The first kappa shape index (κ1) is 18.8. The van der Waals surface area contributed by atoms with E-state index in [0.29, 0.717) is 25.8 Å². The van der Waals surface area contributed by atoms with E-state index in [9.17, 15) is 14.7 Å². The SMILES string of the molecule is CC(C)(C)OC(=O)N1CCCC(Cc2cccc(Br)c2)(C(=O)O)C1. The Balaban J connectivity index is 2.19. The Morgan fingerprint density at radius 3 is 2.67 bits per heavy atom. The van der Waals surface area contributed by atoms with Gasteiger partial charge in [-0.3, -0.25) is 4.79 Å². The normalized spacial score (nSPS) is 21.4. The van der Waals surface area contributed by atoms with Crippen LogP contribution in [0.15, 0.2) is 28.7 Å². The van der Waals surface area contributed by atoms with Gasteiger partial charge >= 0.3 is 12.1 Å². The first-order valence-electron chi connectivity index (χ1n) is 8.07. The van der Waals surface area contributed by atoms with Crippen molar-refractivity contribution in [3.63, 3.8) is 0 Å². The van der Waals surface area contributed by atoms with E-state index in [-0.39, 0.29) is 6.54 Å². The van der Waals surface area contributed by atoms with Gasteiger partial charge in [0.1, 0.15) is 5.60 Å². The number of carbonyl (C=O) groups is 2. The van der Waals surface area contributed by atoms with Crippen molar-refractivity contribution in [2.24, 2.45) is 5.41 Å². The molecule has 0 radical (unpaired) electrons. The summed E-state index contributed by atoms with van der Waals surface area (Å²) < 4.78 is 6.32. The van der Waals surface area contributed by atoms with E-state index in [0.717, 1.165) is 10.0 Å². The van der Waals surface area contributed by atoms with Gasteiger partial charge in [-0.05, 0) is 57.7 Å². The third-order valence-corrected chi connectivity index (χ3v) is 4.61. The fourth-order valence-electron chi connectivity index (χ4n) is 3.05. The summed E-state index contributed by atoms with van der Waals surface area (Å²) in [6.45, 7) is 6.12. The lowest BCUT2D eigenvalue weighted by atomic mass is 9.75. The maximum atomic E-state index is 12.3. The number of aliphatic carboxylic acids is 1. The molecule has 0 aliphatic carbocycles. The molecule has 1 N–H and O–H groups in total. The Bertz CT molecular complexity index is 626. The number of carboxylic acids is 1. The van der Waals surface area contributed by atoms with Crippen LogP contribution in [0.1, 0.15) is 39.2 Å². The number of likely N-dealkylation sites (tertiary alicyclic amines) is 1. The number of amides is 1. The van der Waals surface area contributed by atoms with Gasteiger partial charge in [0.15, 0.2) is 0 Å². The minimum absolute atomic E-state index is 0.170. The van der Waals surface area contributed by atoms with Crippen LogP contribution in [0.3, 0.4) is 0 Å². The number of hydrogen-bond donors (Lipinski definition) is 1. The zero-order valence-corrected chi connectivity index (χ0v) is 15.9. The summed E-state index contributed by atoms with van der Waals surface area (Å²) in [5.41, 5.74) is -0.626. The van der Waals surface area contributed by atoms with Gasteiger partial charge in [0.25, 0.3) is 0 Å². The van der Waals surface area contributed by atoms with E-state index < -0.39 is 23.1 Å². The zero-order valence-electron chi connectivity index (χ0n) is 14.3. The highest BCUT2D eigenvalue weighted by atomic mass is 79.9. The highest BCUT2D eigenvalue weighted by molar-refractivity contribution is 9.10. The molecule has 1 atom stereocenters. The molecular weight excluding hydrogens is 374 g/mol. The minimum Gasteiger partial charge on any atom is -0.481 e. The predicted octanol–water partition coefficient (Wildman–Crippen LogP) is 4.09. The highest BCUT2D eigenvalue weighted by Gasteiger charge is 2.44. The molecular formula is C18H24BrNO4. The van der Waals surface area contributed by atoms with E-state index in [1.165, 1.54) is 4.90 Å². The molecule has 1 aromatic rings. The van der Waals surface area contributed by atoms with Crippen molar-refractivity contribution in [2.45, 2.75) is 45.6 Å². The molecule has 6 heteroatoms. The van der Waals surface area contributed by atoms with Crippen molar-refractivity contribution < 1.29 is 19.4 Å². The molecule has 1 aromatic carbocycles. The largest absolute Gasteiger partial charge is 0.481 e. The van der Waals surface area contributed by atoms with E-state index in [2.05, 4.69) is 15.9 Å². The first-order chi connectivity index (χ1) is 11.1. The molecule has 1 aliphatic rings. The lowest BCUT2D eigenvalue weighted by Gasteiger charge is -2.40. The second kappa shape index (κ2) is 7.13. The summed E-state index contributed by atoms with van der Waals surface area (Å²) in [5.74, 6) is -0.865. The topological polar surface area (TPSA) is 66.8 Å². The molecule has 0 spiro atoms. The van der Waals surface area contributed by atoms with Gasteiger partial charge in [0.05, 0.1) is 5.41 Å². The van der Waals surface area contributed by atoms with Gasteiger partial charge < -0.3 is 14.7 Å². The van der Waals surface area contributed by atoms with E-state index in [1.807, 2.05) is 24.3 Å². The minimum atomic E-state index is -0.976. The highest BCUT2D eigenvalue weighted by Crippen LogP contribution is 2.35. The molecule has 1 aliphatic heterocycles. The number of rotatable bonds is 3. The summed E-state index contributed by atoms with van der Waals surface area (Å²) in [6, 6.07) is 7.65. The summed E-state index contributed by atoms with van der Waals surface area (Å²) >= 11 is 3.42. The molecule has 5 nitrogen and oxygen atoms in total. The van der Waals surface area contributed by atoms with Crippen molar-refractivity contribution in [1.29, 1.82) is 0 Å². The quantitative estimate of drug-likeness (QED) is 0.833. The first-order valence-corrected chi connectivity index (χ1v) is 8.86. The standard InChI is InChI=1S/C18H24BrNO4/c1-17(2,3)24-16(23)20-9-5-8-18(12-20,15(21)22)11-13-6-4-7-14(19)10-13/h4,6-7,10H,5,8-9,11-12H2,1-3H3,(H,21,22). The Morgan fingerprint density at radius 2 is 2.08 bits per heavy atom.